The monoisotopic (exact) mass is 393 g/mol. The maximum Gasteiger partial charge on any atom is 0.319 e. The molecule has 1 aliphatic heterocycles. The van der Waals surface area contributed by atoms with Crippen molar-refractivity contribution >= 4 is 22.7 Å². The van der Waals surface area contributed by atoms with Gasteiger partial charge in [0.15, 0.2) is 0 Å². The van der Waals surface area contributed by atoms with Crippen molar-refractivity contribution in [1.29, 1.82) is 0 Å². The fraction of sp³-hybridized carbons (Fsp3) is 0.348. The number of para-hydroxylation sites is 1. The van der Waals surface area contributed by atoms with E-state index in [1.807, 2.05) is 49.4 Å². The number of carbonyl (C=O) groups excluding carboxylic acids is 1. The Morgan fingerprint density at radius 3 is 2.48 bits per heavy atom. The third-order valence-corrected chi connectivity index (χ3v) is 5.46. The first-order valence-electron chi connectivity index (χ1n) is 10.1. The number of urea groups is 1. The molecule has 0 bridgehead atoms. The Hall–Kier alpha value is -2.83. The zero-order valence-electron chi connectivity index (χ0n) is 16.9. The van der Waals surface area contributed by atoms with Gasteiger partial charge in [-0.1, -0.05) is 30.3 Å². The summed E-state index contributed by atoms with van der Waals surface area (Å²) in [6.45, 7) is 7.58. The lowest BCUT2D eigenvalue weighted by Crippen LogP contribution is -2.38. The third-order valence-electron chi connectivity index (χ3n) is 5.46. The maximum atomic E-state index is 12.4. The fourth-order valence-electron chi connectivity index (χ4n) is 3.67. The summed E-state index contributed by atoms with van der Waals surface area (Å²) in [4.78, 5) is 14.8. The fourth-order valence-corrected chi connectivity index (χ4v) is 3.67. The second-order valence-corrected chi connectivity index (χ2v) is 7.45. The number of nitrogens with zero attached hydrogens (tertiary/aromatic N) is 1. The number of ether oxygens (including phenoxy) is 1. The van der Waals surface area contributed by atoms with E-state index in [0.29, 0.717) is 6.04 Å². The van der Waals surface area contributed by atoms with Gasteiger partial charge < -0.3 is 19.8 Å². The Morgan fingerprint density at radius 2 is 1.76 bits per heavy atom. The van der Waals surface area contributed by atoms with Crippen molar-refractivity contribution in [3.05, 3.63) is 65.9 Å². The lowest BCUT2D eigenvalue weighted by atomic mass is 10.1. The molecule has 2 unspecified atom stereocenters. The van der Waals surface area contributed by atoms with Crippen LogP contribution < -0.4 is 10.6 Å². The SMILES string of the molecule is CC(NC(=O)Nc1ccc(C(C)N2CCOCC2)cc1)c1cc2ccccc2o1. The first kappa shape index (κ1) is 19.5. The molecule has 0 aliphatic carbocycles. The summed E-state index contributed by atoms with van der Waals surface area (Å²) in [5.74, 6) is 0.732. The van der Waals surface area contributed by atoms with E-state index in [1.165, 1.54) is 5.56 Å². The Kier molecular flexibility index (Phi) is 5.83. The first-order chi connectivity index (χ1) is 14.1. The van der Waals surface area contributed by atoms with Crippen molar-refractivity contribution in [3.63, 3.8) is 0 Å². The summed E-state index contributed by atoms with van der Waals surface area (Å²) in [6, 6.07) is 17.6. The molecule has 29 heavy (non-hydrogen) atoms. The van der Waals surface area contributed by atoms with Crippen molar-refractivity contribution in [2.24, 2.45) is 0 Å². The molecule has 4 rings (SSSR count). The van der Waals surface area contributed by atoms with E-state index >= 15 is 0 Å². The van der Waals surface area contributed by atoms with E-state index in [4.69, 9.17) is 9.15 Å². The van der Waals surface area contributed by atoms with E-state index in [0.717, 1.165) is 48.7 Å². The molecule has 1 saturated heterocycles. The average molecular weight is 393 g/mol. The van der Waals surface area contributed by atoms with E-state index in [9.17, 15) is 4.79 Å². The highest BCUT2D eigenvalue weighted by Gasteiger charge is 2.18. The summed E-state index contributed by atoms with van der Waals surface area (Å²) in [6.07, 6.45) is 0. The van der Waals surface area contributed by atoms with Gasteiger partial charge in [-0.25, -0.2) is 4.79 Å². The maximum absolute atomic E-state index is 12.4. The number of furan rings is 1. The van der Waals surface area contributed by atoms with Crippen LogP contribution in [0.2, 0.25) is 0 Å². The van der Waals surface area contributed by atoms with Gasteiger partial charge in [-0.05, 0) is 43.7 Å². The van der Waals surface area contributed by atoms with Crippen LogP contribution in [0, 0.1) is 0 Å². The second kappa shape index (κ2) is 8.68. The molecule has 0 spiro atoms. The zero-order valence-corrected chi connectivity index (χ0v) is 16.9. The number of hydrogen-bond acceptors (Lipinski definition) is 4. The molecule has 1 aliphatic rings. The van der Waals surface area contributed by atoms with Crippen LogP contribution in [0.3, 0.4) is 0 Å². The molecular weight excluding hydrogens is 366 g/mol. The minimum atomic E-state index is -0.257. The largest absolute Gasteiger partial charge is 0.459 e. The molecule has 2 amide bonds. The second-order valence-electron chi connectivity index (χ2n) is 7.45. The first-order valence-corrected chi connectivity index (χ1v) is 10.1. The Labute approximate surface area is 170 Å². The summed E-state index contributed by atoms with van der Waals surface area (Å²) < 4.78 is 11.3. The quantitative estimate of drug-likeness (QED) is 0.659. The van der Waals surface area contributed by atoms with Crippen LogP contribution in [-0.4, -0.2) is 37.2 Å². The summed E-state index contributed by atoms with van der Waals surface area (Å²) in [7, 11) is 0. The van der Waals surface area contributed by atoms with Gasteiger partial charge in [-0.3, -0.25) is 4.90 Å². The number of anilines is 1. The molecule has 1 aromatic heterocycles. The molecule has 0 radical (unpaired) electrons. The number of fused-ring (bicyclic) bond motifs is 1. The van der Waals surface area contributed by atoms with E-state index in [-0.39, 0.29) is 12.1 Å². The molecule has 2 heterocycles. The van der Waals surface area contributed by atoms with Crippen LogP contribution >= 0.6 is 0 Å². The molecule has 2 atom stereocenters. The van der Waals surface area contributed by atoms with E-state index in [1.54, 1.807) is 0 Å². The molecule has 6 heteroatoms. The summed E-state index contributed by atoms with van der Waals surface area (Å²) in [5, 5.41) is 6.85. The number of carbonyl (C=O) groups is 1. The smallest absolute Gasteiger partial charge is 0.319 e. The van der Waals surface area contributed by atoms with E-state index in [2.05, 4.69) is 34.6 Å². The van der Waals surface area contributed by atoms with Crippen molar-refractivity contribution in [2.75, 3.05) is 31.6 Å². The van der Waals surface area contributed by atoms with Crippen LogP contribution in [0.15, 0.2) is 59.0 Å². The normalized spacial score (nSPS) is 17.0. The number of morpholine rings is 1. The standard InChI is InChI=1S/C23H27N3O3/c1-16(22-15-19-5-3-4-6-21(19)29-22)24-23(27)25-20-9-7-18(8-10-20)17(2)26-11-13-28-14-12-26/h3-10,15-17H,11-14H2,1-2H3,(H2,24,25,27). The molecule has 2 aromatic carbocycles. The zero-order chi connectivity index (χ0) is 20.2. The lowest BCUT2D eigenvalue weighted by molar-refractivity contribution is 0.0198. The predicted molar refractivity (Wildman–Crippen MR) is 114 cm³/mol. The van der Waals surface area contributed by atoms with E-state index < -0.39 is 0 Å². The van der Waals surface area contributed by atoms with Gasteiger partial charge in [0.05, 0.1) is 19.3 Å². The third kappa shape index (κ3) is 4.60. The van der Waals surface area contributed by atoms with Crippen LogP contribution in [-0.2, 0) is 4.74 Å². The number of nitrogens with one attached hydrogen (secondary N) is 2. The van der Waals surface area contributed by atoms with Gasteiger partial charge in [0.2, 0.25) is 0 Å². The minimum Gasteiger partial charge on any atom is -0.459 e. The minimum absolute atomic E-state index is 0.233. The number of amides is 2. The summed E-state index contributed by atoms with van der Waals surface area (Å²) >= 11 is 0. The van der Waals surface area contributed by atoms with Gasteiger partial charge in [0, 0.05) is 30.2 Å². The molecule has 2 N–H and O–H groups in total. The van der Waals surface area contributed by atoms with Crippen molar-refractivity contribution < 1.29 is 13.9 Å². The highest BCUT2D eigenvalue weighted by atomic mass is 16.5. The number of rotatable bonds is 5. The average Bonchev–Trinajstić information content (AvgIpc) is 3.19. The Balaban J connectivity index is 1.34. The topological polar surface area (TPSA) is 66.7 Å². The van der Waals surface area contributed by atoms with Gasteiger partial charge in [0.25, 0.3) is 0 Å². The molecule has 3 aromatic rings. The van der Waals surface area contributed by atoms with Crippen LogP contribution in [0.5, 0.6) is 0 Å². The predicted octanol–water partition coefficient (Wildman–Crippen LogP) is 4.71. The highest BCUT2D eigenvalue weighted by molar-refractivity contribution is 5.89. The van der Waals surface area contributed by atoms with Crippen LogP contribution in [0.25, 0.3) is 11.0 Å². The van der Waals surface area contributed by atoms with Gasteiger partial charge in [-0.15, -0.1) is 0 Å². The summed E-state index contributed by atoms with van der Waals surface area (Å²) in [5.41, 5.74) is 2.81. The van der Waals surface area contributed by atoms with Crippen molar-refractivity contribution in [2.45, 2.75) is 25.9 Å². The molecular formula is C23H27N3O3. The lowest BCUT2D eigenvalue weighted by Gasteiger charge is -2.32. The van der Waals surface area contributed by atoms with Gasteiger partial charge in [-0.2, -0.15) is 0 Å². The molecule has 152 valence electrons. The van der Waals surface area contributed by atoms with Gasteiger partial charge >= 0.3 is 6.03 Å². The van der Waals surface area contributed by atoms with Crippen molar-refractivity contribution in [1.82, 2.24) is 10.2 Å². The number of benzene rings is 2. The van der Waals surface area contributed by atoms with Gasteiger partial charge in [0.1, 0.15) is 11.3 Å². The van der Waals surface area contributed by atoms with Crippen molar-refractivity contribution in [3.8, 4) is 0 Å². The Morgan fingerprint density at radius 1 is 1.03 bits per heavy atom. The molecule has 6 nitrogen and oxygen atoms in total. The van der Waals surface area contributed by atoms with Crippen LogP contribution in [0.4, 0.5) is 10.5 Å². The van der Waals surface area contributed by atoms with Crippen LogP contribution in [0.1, 0.15) is 37.3 Å². The highest BCUT2D eigenvalue weighted by Crippen LogP contribution is 2.24. The Bertz CT molecular complexity index is 928. The molecule has 1 fully saturated rings. The number of hydrogen-bond donors (Lipinski definition) is 2. The molecule has 0 saturated carbocycles.